The standard InChI is InChI=1S/C20H28ClN3O4S/c1-3-27-12-13-28-11-10-23-9-6-22-19(23)15-4-7-24(8-5-15)20(25)16-14-29-18(21)17(16)26-2/h6,9,14-15H,3-5,7-8,10-13H2,1-2H3. The number of hydrogen-bond donors (Lipinski definition) is 0. The van der Waals surface area contributed by atoms with E-state index in [1.807, 2.05) is 24.2 Å². The van der Waals surface area contributed by atoms with E-state index in [1.54, 1.807) is 5.38 Å². The molecule has 2 aromatic heterocycles. The van der Waals surface area contributed by atoms with Crippen LogP contribution in [-0.2, 0) is 16.0 Å². The van der Waals surface area contributed by atoms with Crippen LogP contribution < -0.4 is 4.74 Å². The zero-order valence-corrected chi connectivity index (χ0v) is 18.5. The Hall–Kier alpha value is -1.61. The minimum Gasteiger partial charge on any atom is -0.493 e. The maximum atomic E-state index is 12.8. The number of amides is 1. The number of imidazole rings is 1. The average Bonchev–Trinajstić information content (AvgIpc) is 3.36. The fourth-order valence-corrected chi connectivity index (χ4v) is 4.61. The lowest BCUT2D eigenvalue weighted by Gasteiger charge is -2.32. The molecule has 0 unspecified atom stereocenters. The van der Waals surface area contributed by atoms with E-state index >= 15 is 0 Å². The lowest BCUT2D eigenvalue weighted by molar-refractivity contribution is 0.0492. The van der Waals surface area contributed by atoms with Gasteiger partial charge in [0.05, 0.1) is 32.5 Å². The highest BCUT2D eigenvalue weighted by atomic mass is 35.5. The number of carbonyl (C=O) groups is 1. The Labute approximate surface area is 180 Å². The predicted octanol–water partition coefficient (Wildman–Crippen LogP) is 3.68. The van der Waals surface area contributed by atoms with Gasteiger partial charge in [-0.2, -0.15) is 0 Å². The summed E-state index contributed by atoms with van der Waals surface area (Å²) < 4.78 is 18.9. The summed E-state index contributed by atoms with van der Waals surface area (Å²) in [6.45, 7) is 6.70. The first-order chi connectivity index (χ1) is 14.2. The third kappa shape index (κ3) is 5.51. The number of piperidine rings is 1. The van der Waals surface area contributed by atoms with Gasteiger partial charge in [0.2, 0.25) is 0 Å². The lowest BCUT2D eigenvalue weighted by atomic mass is 9.95. The number of methoxy groups -OCH3 is 1. The third-order valence-corrected chi connectivity index (χ3v) is 6.27. The molecular weight excluding hydrogens is 414 g/mol. The molecule has 1 amide bonds. The van der Waals surface area contributed by atoms with Crippen molar-refractivity contribution >= 4 is 28.8 Å². The van der Waals surface area contributed by atoms with E-state index in [4.69, 9.17) is 25.8 Å². The van der Waals surface area contributed by atoms with E-state index in [0.717, 1.165) is 25.2 Å². The Kier molecular flexibility index (Phi) is 8.35. The summed E-state index contributed by atoms with van der Waals surface area (Å²) in [5, 5.41) is 1.77. The lowest BCUT2D eigenvalue weighted by Crippen LogP contribution is -2.38. The zero-order valence-electron chi connectivity index (χ0n) is 16.9. The molecule has 1 saturated heterocycles. The molecule has 0 saturated carbocycles. The SMILES string of the molecule is CCOCCOCCn1ccnc1C1CCN(C(=O)c2csc(Cl)c2OC)CC1. The second kappa shape index (κ2) is 11.0. The summed E-state index contributed by atoms with van der Waals surface area (Å²) >= 11 is 7.43. The Morgan fingerprint density at radius 1 is 1.28 bits per heavy atom. The van der Waals surface area contributed by atoms with Crippen LogP contribution in [0.1, 0.15) is 41.9 Å². The number of nitrogens with zero attached hydrogens (tertiary/aromatic N) is 3. The molecule has 1 aliphatic rings. The number of ether oxygens (including phenoxy) is 3. The van der Waals surface area contributed by atoms with E-state index < -0.39 is 0 Å². The number of likely N-dealkylation sites (tertiary alicyclic amines) is 1. The van der Waals surface area contributed by atoms with Crippen LogP contribution in [0.5, 0.6) is 5.75 Å². The molecule has 29 heavy (non-hydrogen) atoms. The van der Waals surface area contributed by atoms with Crippen molar-refractivity contribution < 1.29 is 19.0 Å². The van der Waals surface area contributed by atoms with Crippen LogP contribution >= 0.6 is 22.9 Å². The summed E-state index contributed by atoms with van der Waals surface area (Å²) in [6.07, 6.45) is 5.60. The summed E-state index contributed by atoms with van der Waals surface area (Å²) in [5.74, 6) is 1.87. The third-order valence-electron chi connectivity index (χ3n) is 5.09. The Balaban J connectivity index is 1.51. The Morgan fingerprint density at radius 3 is 2.76 bits per heavy atom. The fourth-order valence-electron chi connectivity index (χ4n) is 3.57. The van der Waals surface area contributed by atoms with Crippen molar-refractivity contribution in [2.45, 2.75) is 32.2 Å². The molecule has 1 fully saturated rings. The number of thiophene rings is 1. The quantitative estimate of drug-likeness (QED) is 0.526. The number of hydrogen-bond acceptors (Lipinski definition) is 6. The summed E-state index contributed by atoms with van der Waals surface area (Å²) in [4.78, 5) is 19.3. The molecule has 9 heteroatoms. The second-order valence-electron chi connectivity index (χ2n) is 6.81. The van der Waals surface area contributed by atoms with Crippen molar-refractivity contribution in [3.8, 4) is 5.75 Å². The van der Waals surface area contributed by atoms with E-state index in [1.165, 1.54) is 18.4 Å². The maximum absolute atomic E-state index is 12.8. The molecule has 3 heterocycles. The van der Waals surface area contributed by atoms with Crippen LogP contribution in [0.15, 0.2) is 17.8 Å². The van der Waals surface area contributed by atoms with Gasteiger partial charge in [-0.05, 0) is 19.8 Å². The molecule has 0 aliphatic carbocycles. The van der Waals surface area contributed by atoms with Crippen LogP contribution in [-0.4, -0.2) is 67.0 Å². The smallest absolute Gasteiger partial charge is 0.258 e. The second-order valence-corrected chi connectivity index (χ2v) is 8.29. The van der Waals surface area contributed by atoms with Gasteiger partial charge in [0.25, 0.3) is 5.91 Å². The molecule has 0 aromatic carbocycles. The van der Waals surface area contributed by atoms with Crippen LogP contribution in [0.4, 0.5) is 0 Å². The maximum Gasteiger partial charge on any atom is 0.258 e. The van der Waals surface area contributed by atoms with Gasteiger partial charge in [0.15, 0.2) is 5.75 Å². The molecule has 3 rings (SSSR count). The van der Waals surface area contributed by atoms with Gasteiger partial charge >= 0.3 is 0 Å². The molecule has 0 bridgehead atoms. The average molecular weight is 442 g/mol. The van der Waals surface area contributed by atoms with Crippen molar-refractivity contribution in [3.05, 3.63) is 33.5 Å². The molecule has 0 atom stereocenters. The monoisotopic (exact) mass is 441 g/mol. The van der Waals surface area contributed by atoms with Crippen molar-refractivity contribution in [2.24, 2.45) is 0 Å². The fraction of sp³-hybridized carbons (Fsp3) is 0.600. The predicted molar refractivity (Wildman–Crippen MR) is 113 cm³/mol. The van der Waals surface area contributed by atoms with Crippen LogP contribution in [0, 0.1) is 0 Å². The molecule has 0 radical (unpaired) electrons. The summed E-state index contributed by atoms with van der Waals surface area (Å²) in [6, 6.07) is 0. The van der Waals surface area contributed by atoms with Gasteiger partial charge in [-0.25, -0.2) is 4.98 Å². The number of rotatable bonds is 10. The largest absolute Gasteiger partial charge is 0.493 e. The molecule has 7 nitrogen and oxygen atoms in total. The zero-order chi connectivity index (χ0) is 20.6. The van der Waals surface area contributed by atoms with Crippen molar-refractivity contribution in [3.63, 3.8) is 0 Å². The van der Waals surface area contributed by atoms with E-state index in [-0.39, 0.29) is 5.91 Å². The minimum atomic E-state index is -0.0190. The van der Waals surface area contributed by atoms with Gasteiger partial charge in [0, 0.05) is 49.9 Å². The van der Waals surface area contributed by atoms with Crippen molar-refractivity contribution in [1.82, 2.24) is 14.5 Å². The molecule has 1 aliphatic heterocycles. The van der Waals surface area contributed by atoms with Gasteiger partial charge < -0.3 is 23.7 Å². The van der Waals surface area contributed by atoms with E-state index in [0.29, 0.717) is 61.1 Å². The first-order valence-electron chi connectivity index (χ1n) is 9.92. The normalized spacial score (nSPS) is 15.1. The number of halogens is 1. The summed E-state index contributed by atoms with van der Waals surface area (Å²) in [7, 11) is 1.54. The summed E-state index contributed by atoms with van der Waals surface area (Å²) in [5.41, 5.74) is 0.548. The number of carbonyl (C=O) groups excluding carboxylic acids is 1. The van der Waals surface area contributed by atoms with Crippen LogP contribution in [0.25, 0.3) is 0 Å². The first-order valence-corrected chi connectivity index (χ1v) is 11.2. The van der Waals surface area contributed by atoms with Gasteiger partial charge in [-0.1, -0.05) is 11.6 Å². The van der Waals surface area contributed by atoms with Gasteiger partial charge in [-0.3, -0.25) is 4.79 Å². The van der Waals surface area contributed by atoms with E-state index in [9.17, 15) is 4.79 Å². The highest BCUT2D eigenvalue weighted by molar-refractivity contribution is 7.15. The first kappa shape index (κ1) is 22.1. The minimum absolute atomic E-state index is 0.0190. The molecule has 2 aromatic rings. The van der Waals surface area contributed by atoms with Crippen molar-refractivity contribution in [1.29, 1.82) is 0 Å². The van der Waals surface area contributed by atoms with Crippen LogP contribution in [0.2, 0.25) is 4.34 Å². The molecule has 160 valence electrons. The molecular formula is C20H28ClN3O4S. The highest BCUT2D eigenvalue weighted by Crippen LogP contribution is 2.36. The van der Waals surface area contributed by atoms with Gasteiger partial charge in [0.1, 0.15) is 10.2 Å². The van der Waals surface area contributed by atoms with Crippen molar-refractivity contribution in [2.75, 3.05) is 46.6 Å². The molecule has 0 N–H and O–H groups in total. The number of aromatic nitrogens is 2. The Morgan fingerprint density at radius 2 is 2.03 bits per heavy atom. The van der Waals surface area contributed by atoms with Crippen LogP contribution in [0.3, 0.4) is 0 Å². The van der Waals surface area contributed by atoms with Gasteiger partial charge in [-0.15, -0.1) is 11.3 Å². The Bertz CT molecular complexity index is 787. The molecule has 0 spiro atoms. The topological polar surface area (TPSA) is 65.8 Å². The highest BCUT2D eigenvalue weighted by Gasteiger charge is 2.29. The van der Waals surface area contributed by atoms with E-state index in [2.05, 4.69) is 9.55 Å².